The van der Waals surface area contributed by atoms with Crippen LogP contribution in [0.15, 0.2) is 24.3 Å². The number of aromatic carboxylic acids is 1. The molecule has 1 aromatic rings. The maximum atomic E-state index is 11.6. The fourth-order valence-electron chi connectivity index (χ4n) is 2.23. The first-order valence-electron chi connectivity index (χ1n) is 6.96. The van der Waals surface area contributed by atoms with Gasteiger partial charge in [0.05, 0.1) is 5.56 Å². The minimum Gasteiger partial charge on any atom is -0.478 e. The molecule has 0 bridgehead atoms. The van der Waals surface area contributed by atoms with Crippen molar-refractivity contribution in [1.29, 1.82) is 0 Å². The van der Waals surface area contributed by atoms with Crippen LogP contribution in [0.5, 0.6) is 0 Å². The molecule has 3 N–H and O–H groups in total. The summed E-state index contributed by atoms with van der Waals surface area (Å²) in [5.41, 5.74) is 1.28. The number of benzene rings is 1. The van der Waals surface area contributed by atoms with Crippen LogP contribution in [0.2, 0.25) is 0 Å². The molecule has 2 unspecified atom stereocenters. The second-order valence-electron chi connectivity index (χ2n) is 5.16. The molecule has 5 heteroatoms. The molecule has 1 aliphatic rings. The van der Waals surface area contributed by atoms with Crippen molar-refractivity contribution in [3.05, 3.63) is 35.4 Å². The van der Waals surface area contributed by atoms with Crippen LogP contribution in [-0.4, -0.2) is 29.7 Å². The number of amides is 2. The van der Waals surface area contributed by atoms with Crippen LogP contribution in [0.25, 0.3) is 0 Å². The summed E-state index contributed by atoms with van der Waals surface area (Å²) < 4.78 is 0. The second-order valence-corrected chi connectivity index (χ2v) is 5.16. The number of carbonyl (C=O) groups is 2. The summed E-state index contributed by atoms with van der Waals surface area (Å²) in [7, 11) is 0. The van der Waals surface area contributed by atoms with Gasteiger partial charge >= 0.3 is 12.0 Å². The van der Waals surface area contributed by atoms with Gasteiger partial charge in [-0.15, -0.1) is 0 Å². The molecule has 0 spiro atoms. The fraction of sp³-hybridized carbons (Fsp3) is 0.467. The van der Waals surface area contributed by atoms with Gasteiger partial charge in [-0.3, -0.25) is 0 Å². The van der Waals surface area contributed by atoms with Crippen molar-refractivity contribution in [3.63, 3.8) is 0 Å². The van der Waals surface area contributed by atoms with Gasteiger partial charge in [-0.25, -0.2) is 9.59 Å². The van der Waals surface area contributed by atoms with E-state index in [9.17, 15) is 9.59 Å². The third kappa shape index (κ3) is 3.98. The van der Waals surface area contributed by atoms with E-state index in [1.807, 2.05) is 0 Å². The van der Waals surface area contributed by atoms with Gasteiger partial charge in [0, 0.05) is 12.6 Å². The number of carboxylic acids is 1. The number of urea groups is 1. The number of nitrogens with one attached hydrogen (secondary N) is 2. The van der Waals surface area contributed by atoms with E-state index in [0.29, 0.717) is 24.9 Å². The Kier molecular flexibility index (Phi) is 4.61. The van der Waals surface area contributed by atoms with Crippen LogP contribution in [0.1, 0.15) is 35.7 Å². The van der Waals surface area contributed by atoms with Crippen molar-refractivity contribution in [3.8, 4) is 0 Å². The first-order chi connectivity index (χ1) is 9.60. The molecule has 0 radical (unpaired) electrons. The number of carbonyl (C=O) groups excluding carboxylic acids is 1. The van der Waals surface area contributed by atoms with Crippen LogP contribution in [-0.2, 0) is 6.42 Å². The Balaban J connectivity index is 1.67. The molecule has 0 aliphatic heterocycles. The normalized spacial score (nSPS) is 20.2. The molecule has 2 atom stereocenters. The van der Waals surface area contributed by atoms with E-state index in [-0.39, 0.29) is 11.6 Å². The molecular formula is C15H20N2O3. The Bertz CT molecular complexity index is 484. The first-order valence-corrected chi connectivity index (χ1v) is 6.96. The van der Waals surface area contributed by atoms with E-state index in [2.05, 4.69) is 17.6 Å². The monoisotopic (exact) mass is 276 g/mol. The molecule has 0 aromatic heterocycles. The highest BCUT2D eigenvalue weighted by molar-refractivity contribution is 5.87. The van der Waals surface area contributed by atoms with Gasteiger partial charge in [-0.05, 0) is 36.5 Å². The third-order valence-electron chi connectivity index (χ3n) is 3.66. The first kappa shape index (κ1) is 14.4. The van der Waals surface area contributed by atoms with Gasteiger partial charge in [0.1, 0.15) is 0 Å². The predicted molar refractivity (Wildman–Crippen MR) is 75.8 cm³/mol. The summed E-state index contributed by atoms with van der Waals surface area (Å²) in [6.45, 7) is 2.67. The van der Waals surface area contributed by atoms with Gasteiger partial charge < -0.3 is 15.7 Å². The molecule has 5 nitrogen and oxygen atoms in total. The lowest BCUT2D eigenvalue weighted by Crippen LogP contribution is -2.38. The largest absolute Gasteiger partial charge is 0.478 e. The Morgan fingerprint density at radius 2 is 2.00 bits per heavy atom. The maximum absolute atomic E-state index is 11.6. The Morgan fingerprint density at radius 1 is 1.30 bits per heavy atom. The van der Waals surface area contributed by atoms with Crippen LogP contribution < -0.4 is 10.6 Å². The number of hydrogen-bond acceptors (Lipinski definition) is 2. The van der Waals surface area contributed by atoms with Gasteiger partial charge in [0.2, 0.25) is 0 Å². The summed E-state index contributed by atoms with van der Waals surface area (Å²) in [5.74, 6) is -0.284. The van der Waals surface area contributed by atoms with E-state index in [0.717, 1.165) is 18.4 Å². The topological polar surface area (TPSA) is 78.4 Å². The summed E-state index contributed by atoms with van der Waals surface area (Å²) in [6.07, 6.45) is 2.89. The average molecular weight is 276 g/mol. The molecular weight excluding hydrogens is 256 g/mol. The molecule has 2 rings (SSSR count). The summed E-state index contributed by atoms with van der Waals surface area (Å²) in [4.78, 5) is 22.3. The Hall–Kier alpha value is -2.04. The fourth-order valence-corrected chi connectivity index (χ4v) is 2.23. The summed E-state index contributed by atoms with van der Waals surface area (Å²) >= 11 is 0. The molecule has 20 heavy (non-hydrogen) atoms. The highest BCUT2D eigenvalue weighted by Crippen LogP contribution is 2.32. The zero-order valence-electron chi connectivity index (χ0n) is 11.6. The lowest BCUT2D eigenvalue weighted by molar-refractivity contribution is 0.0697. The second kappa shape index (κ2) is 6.41. The lowest BCUT2D eigenvalue weighted by Gasteiger charge is -2.07. The van der Waals surface area contributed by atoms with Gasteiger partial charge in [0.15, 0.2) is 0 Å². The van der Waals surface area contributed by atoms with E-state index in [4.69, 9.17) is 5.11 Å². The van der Waals surface area contributed by atoms with Crippen molar-refractivity contribution in [2.24, 2.45) is 5.92 Å². The van der Waals surface area contributed by atoms with Crippen molar-refractivity contribution >= 4 is 12.0 Å². The smallest absolute Gasteiger partial charge is 0.335 e. The van der Waals surface area contributed by atoms with E-state index in [1.54, 1.807) is 24.3 Å². The average Bonchev–Trinajstić information content (AvgIpc) is 3.17. The zero-order chi connectivity index (χ0) is 14.5. The standard InChI is InChI=1S/C15H20N2O3/c1-2-11-9-13(11)17-15(20)16-8-7-10-3-5-12(6-4-10)14(18)19/h3-6,11,13H,2,7-9H2,1H3,(H,18,19)(H2,16,17,20). The van der Waals surface area contributed by atoms with E-state index >= 15 is 0 Å². The molecule has 2 amide bonds. The minimum atomic E-state index is -0.927. The molecule has 1 fully saturated rings. The van der Waals surface area contributed by atoms with Gasteiger partial charge in [-0.1, -0.05) is 25.5 Å². The van der Waals surface area contributed by atoms with Crippen LogP contribution in [0, 0.1) is 5.92 Å². The number of carboxylic acid groups (broad SMARTS) is 1. The zero-order valence-corrected chi connectivity index (χ0v) is 11.6. The molecule has 0 saturated heterocycles. The molecule has 0 heterocycles. The molecule has 108 valence electrons. The summed E-state index contributed by atoms with van der Waals surface area (Å²) in [6, 6.07) is 6.93. The Labute approximate surface area is 118 Å². The van der Waals surface area contributed by atoms with E-state index < -0.39 is 5.97 Å². The van der Waals surface area contributed by atoms with Crippen LogP contribution in [0.4, 0.5) is 4.79 Å². The molecule has 1 aromatic carbocycles. The quantitative estimate of drug-likeness (QED) is 0.744. The Morgan fingerprint density at radius 3 is 2.55 bits per heavy atom. The summed E-state index contributed by atoms with van der Waals surface area (Å²) in [5, 5.41) is 14.5. The van der Waals surface area contributed by atoms with Crippen molar-refractivity contribution in [2.45, 2.75) is 32.2 Å². The van der Waals surface area contributed by atoms with Gasteiger partial charge in [0.25, 0.3) is 0 Å². The lowest BCUT2D eigenvalue weighted by atomic mass is 10.1. The third-order valence-corrected chi connectivity index (χ3v) is 3.66. The maximum Gasteiger partial charge on any atom is 0.335 e. The van der Waals surface area contributed by atoms with Gasteiger partial charge in [-0.2, -0.15) is 0 Å². The SMILES string of the molecule is CCC1CC1NC(=O)NCCc1ccc(C(=O)O)cc1. The van der Waals surface area contributed by atoms with E-state index in [1.165, 1.54) is 0 Å². The predicted octanol–water partition coefficient (Wildman–Crippen LogP) is 2.02. The van der Waals surface area contributed by atoms with Crippen molar-refractivity contribution in [1.82, 2.24) is 10.6 Å². The minimum absolute atomic E-state index is 0.117. The van der Waals surface area contributed by atoms with Crippen LogP contribution in [0.3, 0.4) is 0 Å². The number of rotatable bonds is 6. The van der Waals surface area contributed by atoms with Crippen molar-refractivity contribution in [2.75, 3.05) is 6.54 Å². The highest BCUT2D eigenvalue weighted by Gasteiger charge is 2.36. The number of hydrogen-bond donors (Lipinski definition) is 3. The van der Waals surface area contributed by atoms with Crippen LogP contribution >= 0.6 is 0 Å². The molecule has 1 aliphatic carbocycles. The molecule has 1 saturated carbocycles. The van der Waals surface area contributed by atoms with Crippen molar-refractivity contribution < 1.29 is 14.7 Å². The highest BCUT2D eigenvalue weighted by atomic mass is 16.4.